The van der Waals surface area contributed by atoms with Crippen LogP contribution in [-0.4, -0.2) is 19.3 Å². The van der Waals surface area contributed by atoms with Gasteiger partial charge in [0.25, 0.3) is 0 Å². The molecule has 0 amide bonds. The van der Waals surface area contributed by atoms with Crippen molar-refractivity contribution in [3.63, 3.8) is 0 Å². The van der Waals surface area contributed by atoms with Crippen molar-refractivity contribution < 1.29 is 19.0 Å². The fourth-order valence-electron chi connectivity index (χ4n) is 2.01. The lowest BCUT2D eigenvalue weighted by molar-refractivity contribution is 0.149. The number of halogens is 1. The molecule has 1 saturated carbocycles. The molecule has 0 aromatic heterocycles. The van der Waals surface area contributed by atoms with E-state index in [1.165, 1.54) is 20.3 Å². The Kier molecular flexibility index (Phi) is 2.54. The van der Waals surface area contributed by atoms with Crippen molar-refractivity contribution in [2.45, 2.75) is 25.4 Å². The van der Waals surface area contributed by atoms with E-state index in [9.17, 15) is 9.50 Å². The van der Waals surface area contributed by atoms with Crippen LogP contribution in [0.4, 0.5) is 4.39 Å². The fraction of sp³-hybridized carbons (Fsp3) is 0.500. The highest BCUT2D eigenvalue weighted by atomic mass is 19.1. The van der Waals surface area contributed by atoms with Gasteiger partial charge in [0, 0.05) is 5.56 Å². The predicted octanol–water partition coefficient (Wildman–Crippen LogP) is 2.13. The normalized spacial score (nSPS) is 17.1. The molecule has 2 rings (SSSR count). The first-order chi connectivity index (χ1) is 7.53. The number of hydrogen-bond donors (Lipinski definition) is 1. The summed E-state index contributed by atoms with van der Waals surface area (Å²) in [6, 6.07) is 1.34. The summed E-state index contributed by atoms with van der Waals surface area (Å²) < 4.78 is 23.8. The maximum Gasteiger partial charge on any atom is 0.197 e. The van der Waals surface area contributed by atoms with Crippen molar-refractivity contribution >= 4 is 0 Å². The van der Waals surface area contributed by atoms with Gasteiger partial charge in [0.15, 0.2) is 17.3 Å². The van der Waals surface area contributed by atoms with Crippen molar-refractivity contribution in [2.75, 3.05) is 14.2 Å². The molecule has 0 heterocycles. The van der Waals surface area contributed by atoms with E-state index < -0.39 is 11.4 Å². The maximum absolute atomic E-state index is 13.7. The summed E-state index contributed by atoms with van der Waals surface area (Å²) >= 11 is 0. The van der Waals surface area contributed by atoms with Gasteiger partial charge in [-0.05, 0) is 31.4 Å². The molecule has 0 atom stereocenters. The summed E-state index contributed by atoms with van der Waals surface area (Å²) in [5.41, 5.74) is 0.466. The molecule has 1 fully saturated rings. The standard InChI is InChI=1S/C12H15FO3/c1-7-8(12(14)4-5-12)6-9(13)11(16-3)10(7)15-2/h6,14H,4-5H2,1-3H3. The van der Waals surface area contributed by atoms with Gasteiger partial charge in [-0.2, -0.15) is 0 Å². The zero-order valence-corrected chi connectivity index (χ0v) is 9.63. The summed E-state index contributed by atoms with van der Waals surface area (Å²) in [7, 11) is 2.86. The van der Waals surface area contributed by atoms with Gasteiger partial charge in [-0.25, -0.2) is 4.39 Å². The number of aliphatic hydroxyl groups is 1. The van der Waals surface area contributed by atoms with Gasteiger partial charge in [-0.3, -0.25) is 0 Å². The second-order valence-electron chi connectivity index (χ2n) is 4.13. The SMILES string of the molecule is COc1c(F)cc(C2(O)CC2)c(C)c1OC. The Balaban J connectivity index is 2.61. The van der Waals surface area contributed by atoms with Gasteiger partial charge < -0.3 is 14.6 Å². The van der Waals surface area contributed by atoms with Gasteiger partial charge in [-0.1, -0.05) is 0 Å². The van der Waals surface area contributed by atoms with Gasteiger partial charge in [0.1, 0.15) is 0 Å². The van der Waals surface area contributed by atoms with Crippen LogP contribution in [0, 0.1) is 12.7 Å². The van der Waals surface area contributed by atoms with E-state index in [0.717, 1.165) is 5.56 Å². The number of hydrogen-bond acceptors (Lipinski definition) is 3. The molecule has 4 heteroatoms. The molecular weight excluding hydrogens is 211 g/mol. The molecule has 3 nitrogen and oxygen atoms in total. The number of ether oxygens (including phenoxy) is 2. The van der Waals surface area contributed by atoms with Crippen LogP contribution in [0.2, 0.25) is 0 Å². The number of benzene rings is 1. The molecule has 0 spiro atoms. The summed E-state index contributed by atoms with van der Waals surface area (Å²) in [4.78, 5) is 0. The topological polar surface area (TPSA) is 38.7 Å². The quantitative estimate of drug-likeness (QED) is 0.858. The summed E-state index contributed by atoms with van der Waals surface area (Å²) in [6.07, 6.45) is 1.34. The molecular formula is C12H15FO3. The van der Waals surface area contributed by atoms with Crippen molar-refractivity contribution in [1.29, 1.82) is 0 Å². The minimum atomic E-state index is -0.871. The molecule has 1 aliphatic carbocycles. The number of methoxy groups -OCH3 is 2. The minimum absolute atomic E-state index is 0.0907. The Morgan fingerprint density at radius 1 is 1.25 bits per heavy atom. The van der Waals surface area contributed by atoms with Crippen LogP contribution in [0.5, 0.6) is 11.5 Å². The average molecular weight is 226 g/mol. The Bertz CT molecular complexity index is 425. The summed E-state index contributed by atoms with van der Waals surface area (Å²) in [6.45, 7) is 1.80. The van der Waals surface area contributed by atoms with Crippen LogP contribution in [0.15, 0.2) is 6.07 Å². The molecule has 0 bridgehead atoms. The summed E-state index contributed by atoms with van der Waals surface area (Å²) in [5, 5.41) is 10.0. The van der Waals surface area contributed by atoms with Gasteiger partial charge in [-0.15, -0.1) is 0 Å². The van der Waals surface area contributed by atoms with Crippen LogP contribution in [0.3, 0.4) is 0 Å². The first kappa shape index (κ1) is 11.2. The number of rotatable bonds is 3. The zero-order valence-electron chi connectivity index (χ0n) is 9.63. The largest absolute Gasteiger partial charge is 0.492 e. The highest BCUT2D eigenvalue weighted by Crippen LogP contribution is 2.50. The van der Waals surface area contributed by atoms with Crippen molar-refractivity contribution in [2.24, 2.45) is 0 Å². The van der Waals surface area contributed by atoms with Gasteiger partial charge in [0.2, 0.25) is 0 Å². The van der Waals surface area contributed by atoms with Crippen molar-refractivity contribution in [1.82, 2.24) is 0 Å². The van der Waals surface area contributed by atoms with E-state index in [-0.39, 0.29) is 5.75 Å². The van der Waals surface area contributed by atoms with Crippen LogP contribution >= 0.6 is 0 Å². The highest BCUT2D eigenvalue weighted by molar-refractivity contribution is 5.53. The molecule has 16 heavy (non-hydrogen) atoms. The Labute approximate surface area is 93.8 Å². The second kappa shape index (κ2) is 3.63. The molecule has 0 saturated heterocycles. The predicted molar refractivity (Wildman–Crippen MR) is 57.4 cm³/mol. The lowest BCUT2D eigenvalue weighted by Crippen LogP contribution is -2.09. The van der Waals surface area contributed by atoms with Crippen LogP contribution in [0.25, 0.3) is 0 Å². The van der Waals surface area contributed by atoms with Crippen LogP contribution in [0.1, 0.15) is 24.0 Å². The third-order valence-electron chi connectivity index (χ3n) is 3.07. The molecule has 0 aliphatic heterocycles. The zero-order chi connectivity index (χ0) is 11.9. The molecule has 1 aromatic rings. The van der Waals surface area contributed by atoms with E-state index >= 15 is 0 Å². The molecule has 88 valence electrons. The van der Waals surface area contributed by atoms with Crippen LogP contribution in [-0.2, 0) is 5.60 Å². The lowest BCUT2D eigenvalue weighted by atomic mass is 10.00. The average Bonchev–Trinajstić information content (AvgIpc) is 2.99. The monoisotopic (exact) mass is 226 g/mol. The van der Waals surface area contributed by atoms with Crippen LogP contribution < -0.4 is 9.47 Å². The van der Waals surface area contributed by atoms with E-state index in [0.29, 0.717) is 24.2 Å². The Hall–Kier alpha value is -1.29. The maximum atomic E-state index is 13.7. The molecule has 1 aliphatic rings. The molecule has 0 unspecified atom stereocenters. The van der Waals surface area contributed by atoms with E-state index in [1.807, 2.05) is 0 Å². The molecule has 1 N–H and O–H groups in total. The molecule has 1 aromatic carbocycles. The molecule has 0 radical (unpaired) electrons. The highest BCUT2D eigenvalue weighted by Gasteiger charge is 2.44. The minimum Gasteiger partial charge on any atom is -0.492 e. The second-order valence-corrected chi connectivity index (χ2v) is 4.13. The Morgan fingerprint density at radius 3 is 2.25 bits per heavy atom. The third-order valence-corrected chi connectivity index (χ3v) is 3.07. The van der Waals surface area contributed by atoms with E-state index in [1.54, 1.807) is 6.92 Å². The third kappa shape index (κ3) is 1.53. The van der Waals surface area contributed by atoms with Crippen molar-refractivity contribution in [3.05, 3.63) is 23.0 Å². The van der Waals surface area contributed by atoms with Gasteiger partial charge in [0.05, 0.1) is 19.8 Å². The van der Waals surface area contributed by atoms with Gasteiger partial charge >= 0.3 is 0 Å². The van der Waals surface area contributed by atoms with E-state index in [4.69, 9.17) is 9.47 Å². The van der Waals surface area contributed by atoms with E-state index in [2.05, 4.69) is 0 Å². The summed E-state index contributed by atoms with van der Waals surface area (Å²) in [5.74, 6) is -0.0499. The lowest BCUT2D eigenvalue weighted by Gasteiger charge is -2.18. The van der Waals surface area contributed by atoms with Crippen molar-refractivity contribution in [3.8, 4) is 11.5 Å². The first-order valence-corrected chi connectivity index (χ1v) is 5.17. The fourth-order valence-corrected chi connectivity index (χ4v) is 2.01. The smallest absolute Gasteiger partial charge is 0.197 e. The Morgan fingerprint density at radius 2 is 1.81 bits per heavy atom. The first-order valence-electron chi connectivity index (χ1n) is 5.17.